The average Bonchev–Trinajstić information content (AvgIpc) is 3.12. The minimum absolute atomic E-state index is 0.135. The number of hydrogen-bond donors (Lipinski definition) is 2. The van der Waals surface area contributed by atoms with E-state index < -0.39 is 11.9 Å². The van der Waals surface area contributed by atoms with Crippen LogP contribution in [0.5, 0.6) is 11.5 Å². The largest absolute Gasteiger partial charge is 0.503 e. The van der Waals surface area contributed by atoms with E-state index in [0.717, 1.165) is 0 Å². The smallest absolute Gasteiger partial charge is 0.274 e. The van der Waals surface area contributed by atoms with E-state index in [0.29, 0.717) is 5.56 Å². The number of aromatic hydroxyl groups is 1. The highest BCUT2D eigenvalue weighted by molar-refractivity contribution is 5.95. The van der Waals surface area contributed by atoms with Gasteiger partial charge in [-0.3, -0.25) is 4.79 Å². The van der Waals surface area contributed by atoms with Gasteiger partial charge in [0.2, 0.25) is 0 Å². The Hall–Kier alpha value is -3.49. The van der Waals surface area contributed by atoms with Crippen LogP contribution in [0.25, 0.3) is 11.5 Å². The van der Waals surface area contributed by atoms with Crippen LogP contribution in [0.1, 0.15) is 29.3 Å². The van der Waals surface area contributed by atoms with Gasteiger partial charge in [0.25, 0.3) is 11.8 Å². The predicted octanol–water partition coefficient (Wildman–Crippen LogP) is 2.48. The van der Waals surface area contributed by atoms with Gasteiger partial charge < -0.3 is 19.7 Å². The van der Waals surface area contributed by atoms with Gasteiger partial charge in [-0.05, 0) is 31.2 Å². The number of rotatable bonds is 5. The molecule has 0 spiro atoms. The predicted molar refractivity (Wildman–Crippen MR) is 88.0 cm³/mol. The number of nitrogens with zero attached hydrogens (tertiary/aromatic N) is 3. The molecule has 0 saturated carbocycles. The zero-order chi connectivity index (χ0) is 18.7. The van der Waals surface area contributed by atoms with E-state index in [1.807, 2.05) is 0 Å². The molecule has 0 unspecified atom stereocenters. The number of carbonyl (C=O) groups excluding carboxylic acids is 1. The SMILES string of the molecule is COc1ccnc(C(=O)N[C@@H](C)c2noc(-c3ccc(F)cc3)n2)c1O. The van der Waals surface area contributed by atoms with Crippen LogP contribution in [0.2, 0.25) is 0 Å². The fourth-order valence-electron chi connectivity index (χ4n) is 2.22. The summed E-state index contributed by atoms with van der Waals surface area (Å²) in [6.07, 6.45) is 1.35. The van der Waals surface area contributed by atoms with Gasteiger partial charge in [-0.15, -0.1) is 0 Å². The molecule has 0 aliphatic carbocycles. The van der Waals surface area contributed by atoms with Crippen LogP contribution < -0.4 is 10.1 Å². The standard InChI is InChI=1S/C17H15FN4O4/c1-9(20-16(24)13-14(23)12(25-2)7-8-19-13)15-21-17(26-22-15)10-3-5-11(18)6-4-10/h3-9,23H,1-2H3,(H,20,24)/t9-/m0/s1. The van der Waals surface area contributed by atoms with Gasteiger partial charge in [-0.2, -0.15) is 4.98 Å². The third kappa shape index (κ3) is 3.46. The molecule has 3 rings (SSSR count). The number of amides is 1. The molecule has 2 heterocycles. The van der Waals surface area contributed by atoms with Gasteiger partial charge in [0.15, 0.2) is 23.0 Å². The summed E-state index contributed by atoms with van der Waals surface area (Å²) >= 11 is 0. The van der Waals surface area contributed by atoms with E-state index in [4.69, 9.17) is 9.26 Å². The van der Waals surface area contributed by atoms with Crippen molar-refractivity contribution in [3.05, 3.63) is 53.9 Å². The van der Waals surface area contributed by atoms with Gasteiger partial charge >= 0.3 is 0 Å². The summed E-state index contributed by atoms with van der Waals surface area (Å²) in [6, 6.07) is 6.39. The molecule has 0 saturated heterocycles. The van der Waals surface area contributed by atoms with Crippen LogP contribution in [0.15, 0.2) is 41.1 Å². The number of ether oxygens (including phenoxy) is 1. The molecular formula is C17H15FN4O4. The van der Waals surface area contributed by atoms with E-state index >= 15 is 0 Å². The van der Waals surface area contributed by atoms with E-state index in [-0.39, 0.29) is 34.7 Å². The quantitative estimate of drug-likeness (QED) is 0.721. The first-order valence-corrected chi connectivity index (χ1v) is 7.62. The molecule has 3 aromatic rings. The highest BCUT2D eigenvalue weighted by atomic mass is 19.1. The molecule has 1 atom stereocenters. The summed E-state index contributed by atoms with van der Waals surface area (Å²) in [5.41, 5.74) is 0.370. The number of nitrogens with one attached hydrogen (secondary N) is 1. The highest BCUT2D eigenvalue weighted by Crippen LogP contribution is 2.28. The topological polar surface area (TPSA) is 110 Å². The van der Waals surface area contributed by atoms with Crippen molar-refractivity contribution in [1.82, 2.24) is 20.4 Å². The number of benzene rings is 1. The second-order valence-electron chi connectivity index (χ2n) is 5.37. The zero-order valence-electron chi connectivity index (χ0n) is 13.9. The Morgan fingerprint density at radius 1 is 1.31 bits per heavy atom. The van der Waals surface area contributed by atoms with Gasteiger partial charge in [0.1, 0.15) is 5.82 Å². The van der Waals surface area contributed by atoms with Crippen LogP contribution in [0.4, 0.5) is 4.39 Å². The first-order chi connectivity index (χ1) is 12.5. The second kappa shape index (κ2) is 7.18. The summed E-state index contributed by atoms with van der Waals surface area (Å²) in [6.45, 7) is 1.65. The molecule has 9 heteroatoms. The van der Waals surface area contributed by atoms with Gasteiger partial charge in [0, 0.05) is 17.8 Å². The lowest BCUT2D eigenvalue weighted by molar-refractivity contribution is 0.0929. The molecule has 0 fully saturated rings. The monoisotopic (exact) mass is 358 g/mol. The van der Waals surface area contributed by atoms with Crippen molar-refractivity contribution < 1.29 is 23.6 Å². The summed E-state index contributed by atoms with van der Waals surface area (Å²) in [4.78, 5) is 20.4. The van der Waals surface area contributed by atoms with Crippen molar-refractivity contribution in [3.8, 4) is 23.0 Å². The number of aromatic nitrogens is 3. The number of pyridine rings is 1. The number of halogens is 1. The summed E-state index contributed by atoms with van der Waals surface area (Å²) < 4.78 is 23.1. The second-order valence-corrected chi connectivity index (χ2v) is 5.37. The van der Waals surface area contributed by atoms with Crippen molar-refractivity contribution >= 4 is 5.91 Å². The van der Waals surface area contributed by atoms with Crippen LogP contribution in [0.3, 0.4) is 0 Å². The van der Waals surface area contributed by atoms with E-state index in [1.54, 1.807) is 6.92 Å². The molecule has 1 amide bonds. The normalized spacial score (nSPS) is 11.8. The Balaban J connectivity index is 1.75. The van der Waals surface area contributed by atoms with E-state index in [9.17, 15) is 14.3 Å². The fraction of sp³-hybridized carbons (Fsp3) is 0.176. The van der Waals surface area contributed by atoms with Gasteiger partial charge in [-0.1, -0.05) is 5.16 Å². The Morgan fingerprint density at radius 3 is 2.73 bits per heavy atom. The molecule has 26 heavy (non-hydrogen) atoms. The third-order valence-corrected chi connectivity index (χ3v) is 3.59. The molecule has 0 radical (unpaired) electrons. The lowest BCUT2D eigenvalue weighted by atomic mass is 10.2. The first kappa shape index (κ1) is 17.3. The zero-order valence-corrected chi connectivity index (χ0v) is 13.9. The van der Waals surface area contributed by atoms with Crippen LogP contribution >= 0.6 is 0 Å². The van der Waals surface area contributed by atoms with Crippen molar-refractivity contribution in [1.29, 1.82) is 0 Å². The molecule has 0 bridgehead atoms. The summed E-state index contributed by atoms with van der Waals surface area (Å²) in [5, 5.41) is 16.4. The van der Waals surface area contributed by atoms with Crippen LogP contribution in [-0.4, -0.2) is 33.2 Å². The average molecular weight is 358 g/mol. The minimum atomic E-state index is -0.623. The Kier molecular flexibility index (Phi) is 4.78. The van der Waals surface area contributed by atoms with Crippen molar-refractivity contribution in [2.45, 2.75) is 13.0 Å². The molecule has 0 aliphatic heterocycles. The Bertz CT molecular complexity index is 927. The van der Waals surface area contributed by atoms with E-state index in [1.165, 1.54) is 43.6 Å². The molecule has 8 nitrogen and oxygen atoms in total. The number of hydrogen-bond acceptors (Lipinski definition) is 7. The maximum atomic E-state index is 13.0. The van der Waals surface area contributed by atoms with E-state index in [2.05, 4.69) is 20.4 Å². The van der Waals surface area contributed by atoms with Gasteiger partial charge in [-0.25, -0.2) is 9.37 Å². The first-order valence-electron chi connectivity index (χ1n) is 7.62. The molecule has 2 N–H and O–H groups in total. The summed E-state index contributed by atoms with van der Waals surface area (Å²) in [5.74, 6) is -0.805. The minimum Gasteiger partial charge on any atom is -0.503 e. The number of carbonyl (C=O) groups is 1. The van der Waals surface area contributed by atoms with Crippen LogP contribution in [0, 0.1) is 5.82 Å². The lowest BCUT2D eigenvalue weighted by Crippen LogP contribution is -2.28. The molecule has 1 aromatic carbocycles. The molecular weight excluding hydrogens is 343 g/mol. The van der Waals surface area contributed by atoms with Crippen molar-refractivity contribution in [2.75, 3.05) is 7.11 Å². The van der Waals surface area contributed by atoms with Crippen molar-refractivity contribution in [2.24, 2.45) is 0 Å². The molecule has 134 valence electrons. The Labute approximate surface area is 147 Å². The van der Waals surface area contributed by atoms with Gasteiger partial charge in [0.05, 0.1) is 13.2 Å². The lowest BCUT2D eigenvalue weighted by Gasteiger charge is -2.11. The maximum Gasteiger partial charge on any atom is 0.274 e. The van der Waals surface area contributed by atoms with Crippen LogP contribution in [-0.2, 0) is 0 Å². The molecule has 0 aliphatic rings. The molecule has 2 aromatic heterocycles. The summed E-state index contributed by atoms with van der Waals surface area (Å²) in [7, 11) is 1.37. The number of methoxy groups -OCH3 is 1. The third-order valence-electron chi connectivity index (χ3n) is 3.59. The maximum absolute atomic E-state index is 13.0. The van der Waals surface area contributed by atoms with Crippen molar-refractivity contribution in [3.63, 3.8) is 0 Å². The Morgan fingerprint density at radius 2 is 2.04 bits per heavy atom. The fourth-order valence-corrected chi connectivity index (χ4v) is 2.22. The highest BCUT2D eigenvalue weighted by Gasteiger charge is 2.21.